The highest BCUT2D eigenvalue weighted by Crippen LogP contribution is 2.26. The zero-order valence-electron chi connectivity index (χ0n) is 15.7. The fourth-order valence-corrected chi connectivity index (χ4v) is 2.83. The molecule has 29 heavy (non-hydrogen) atoms. The van der Waals surface area contributed by atoms with E-state index in [1.165, 1.54) is 12.1 Å². The van der Waals surface area contributed by atoms with E-state index in [1.807, 2.05) is 13.8 Å². The second-order valence-electron chi connectivity index (χ2n) is 6.27. The number of aromatic nitrogens is 4. The summed E-state index contributed by atoms with van der Waals surface area (Å²) in [5, 5.41) is 10.4. The van der Waals surface area contributed by atoms with E-state index in [9.17, 15) is 22.4 Å². The predicted molar refractivity (Wildman–Crippen MR) is 93.8 cm³/mol. The number of carbonyl (C=O) groups excluding carboxylic acids is 1. The van der Waals surface area contributed by atoms with Crippen molar-refractivity contribution in [3.63, 3.8) is 0 Å². The van der Waals surface area contributed by atoms with E-state index in [1.54, 1.807) is 10.9 Å². The van der Waals surface area contributed by atoms with Crippen molar-refractivity contribution in [2.24, 2.45) is 0 Å². The lowest BCUT2D eigenvalue weighted by atomic mass is 10.2. The highest BCUT2D eigenvalue weighted by atomic mass is 19.3. The smallest absolute Gasteiger partial charge is 0.287 e. The molecule has 0 saturated carbocycles. The molecule has 7 nitrogen and oxygen atoms in total. The molecule has 11 heteroatoms. The third-order valence-corrected chi connectivity index (χ3v) is 4.41. The third-order valence-electron chi connectivity index (χ3n) is 4.41. The Hall–Kier alpha value is -3.11. The number of nitrogens with one attached hydrogen (secondary N) is 1. The molecule has 0 fully saturated rings. The topological polar surface area (TPSA) is 77.9 Å². The van der Waals surface area contributed by atoms with Crippen molar-refractivity contribution in [1.29, 1.82) is 0 Å². The highest BCUT2D eigenvalue weighted by molar-refractivity contribution is 5.91. The Morgan fingerprint density at radius 3 is 2.59 bits per heavy atom. The first-order valence-electron chi connectivity index (χ1n) is 8.82. The van der Waals surface area contributed by atoms with Crippen LogP contribution in [0.5, 0.6) is 0 Å². The molecule has 0 radical (unpaired) electrons. The monoisotopic (exact) mass is 413 g/mol. The van der Waals surface area contributed by atoms with Crippen molar-refractivity contribution in [2.45, 2.75) is 46.3 Å². The molecule has 0 saturated heterocycles. The van der Waals surface area contributed by atoms with Gasteiger partial charge in [0.05, 0.1) is 12.7 Å². The molecule has 0 aliphatic rings. The quantitative estimate of drug-likeness (QED) is 0.569. The SMILES string of the molecule is CCn1ncc(CNC(=O)c2ccc(Cn3nc(C(F)F)cc3C(F)F)o2)c1C. The maximum absolute atomic E-state index is 13.1. The van der Waals surface area contributed by atoms with Gasteiger partial charge in [-0.15, -0.1) is 0 Å². The second kappa shape index (κ2) is 8.50. The zero-order chi connectivity index (χ0) is 21.1. The number of alkyl halides is 4. The summed E-state index contributed by atoms with van der Waals surface area (Å²) >= 11 is 0. The molecule has 3 heterocycles. The van der Waals surface area contributed by atoms with Crippen LogP contribution in [0.1, 0.15) is 58.7 Å². The van der Waals surface area contributed by atoms with Crippen LogP contribution in [-0.4, -0.2) is 25.5 Å². The van der Waals surface area contributed by atoms with Gasteiger partial charge in [-0.05, 0) is 32.0 Å². The standard InChI is InChI=1S/C18H19F4N5O2/c1-3-26-10(2)11(8-24-26)7-23-18(28)15-5-4-12(29-15)9-27-14(17(21)22)6-13(25-27)16(19)20/h4-6,8,16-17H,3,7,9H2,1-2H3,(H,23,28). The Bertz CT molecular complexity index is 992. The lowest BCUT2D eigenvalue weighted by Crippen LogP contribution is -2.22. The van der Waals surface area contributed by atoms with Gasteiger partial charge in [-0.3, -0.25) is 14.2 Å². The Kier molecular flexibility index (Phi) is 6.04. The van der Waals surface area contributed by atoms with E-state index in [2.05, 4.69) is 15.5 Å². The Balaban J connectivity index is 1.67. The number of rotatable bonds is 8. The number of amides is 1. The minimum atomic E-state index is -2.97. The number of nitrogens with zero attached hydrogens (tertiary/aromatic N) is 4. The summed E-state index contributed by atoms with van der Waals surface area (Å²) in [6.07, 6.45) is -4.27. The fraction of sp³-hybridized carbons (Fsp3) is 0.389. The van der Waals surface area contributed by atoms with Gasteiger partial charge in [-0.2, -0.15) is 10.2 Å². The summed E-state index contributed by atoms with van der Waals surface area (Å²) in [6, 6.07) is 3.45. The number of halogens is 4. The molecule has 1 N–H and O–H groups in total. The highest BCUT2D eigenvalue weighted by Gasteiger charge is 2.22. The summed E-state index contributed by atoms with van der Waals surface area (Å²) in [5.74, 6) is -0.390. The number of aryl methyl sites for hydroxylation is 1. The van der Waals surface area contributed by atoms with Crippen LogP contribution < -0.4 is 5.32 Å². The summed E-state index contributed by atoms with van der Waals surface area (Å²) < 4.78 is 59.5. The lowest BCUT2D eigenvalue weighted by Gasteiger charge is -2.05. The van der Waals surface area contributed by atoms with E-state index in [4.69, 9.17) is 4.42 Å². The van der Waals surface area contributed by atoms with Gasteiger partial charge < -0.3 is 9.73 Å². The normalized spacial score (nSPS) is 11.6. The van der Waals surface area contributed by atoms with Crippen molar-refractivity contribution >= 4 is 5.91 Å². The van der Waals surface area contributed by atoms with Crippen molar-refractivity contribution < 1.29 is 26.8 Å². The molecule has 0 aromatic carbocycles. The number of carbonyl (C=O) groups is 1. The predicted octanol–water partition coefficient (Wildman–Crippen LogP) is 3.85. The largest absolute Gasteiger partial charge is 0.454 e. The van der Waals surface area contributed by atoms with Crippen LogP contribution in [-0.2, 0) is 19.6 Å². The molecule has 1 amide bonds. The molecule has 156 valence electrons. The molecule has 0 unspecified atom stereocenters. The molecular formula is C18H19F4N5O2. The summed E-state index contributed by atoms with van der Waals surface area (Å²) in [7, 11) is 0. The van der Waals surface area contributed by atoms with Gasteiger partial charge in [0.2, 0.25) is 0 Å². The molecule has 3 rings (SSSR count). The van der Waals surface area contributed by atoms with E-state index in [-0.39, 0.29) is 24.6 Å². The van der Waals surface area contributed by atoms with Crippen LogP contribution in [0, 0.1) is 6.92 Å². The van der Waals surface area contributed by atoms with Crippen molar-refractivity contribution in [3.8, 4) is 0 Å². The van der Waals surface area contributed by atoms with Crippen LogP contribution in [0.15, 0.2) is 28.8 Å². The fourth-order valence-electron chi connectivity index (χ4n) is 2.83. The first-order valence-corrected chi connectivity index (χ1v) is 8.82. The minimum absolute atomic E-state index is 0.0274. The molecular weight excluding hydrogens is 394 g/mol. The maximum Gasteiger partial charge on any atom is 0.287 e. The average Bonchev–Trinajstić information content (AvgIpc) is 3.39. The average molecular weight is 413 g/mol. The van der Waals surface area contributed by atoms with Crippen molar-refractivity contribution in [1.82, 2.24) is 24.9 Å². The molecule has 0 spiro atoms. The molecule has 0 atom stereocenters. The Labute approximate surface area is 163 Å². The van der Waals surface area contributed by atoms with Gasteiger partial charge in [0.25, 0.3) is 18.8 Å². The summed E-state index contributed by atoms with van der Waals surface area (Å²) in [6.45, 7) is 4.50. The van der Waals surface area contributed by atoms with Gasteiger partial charge in [0.15, 0.2) is 5.76 Å². The maximum atomic E-state index is 13.1. The van der Waals surface area contributed by atoms with Crippen LogP contribution in [0.2, 0.25) is 0 Å². The van der Waals surface area contributed by atoms with Gasteiger partial charge in [-0.1, -0.05) is 0 Å². The van der Waals surface area contributed by atoms with E-state index in [0.717, 1.165) is 15.9 Å². The molecule has 3 aromatic heterocycles. The van der Waals surface area contributed by atoms with Crippen LogP contribution in [0.3, 0.4) is 0 Å². The van der Waals surface area contributed by atoms with Crippen molar-refractivity contribution in [3.05, 3.63) is 58.6 Å². The molecule has 0 bridgehead atoms. The molecule has 3 aromatic rings. The minimum Gasteiger partial charge on any atom is -0.454 e. The number of hydrogen-bond acceptors (Lipinski definition) is 4. The number of hydrogen-bond donors (Lipinski definition) is 1. The van der Waals surface area contributed by atoms with Crippen molar-refractivity contribution in [2.75, 3.05) is 0 Å². The van der Waals surface area contributed by atoms with Gasteiger partial charge in [0, 0.05) is 24.3 Å². The lowest BCUT2D eigenvalue weighted by molar-refractivity contribution is 0.0920. The van der Waals surface area contributed by atoms with Gasteiger partial charge in [0.1, 0.15) is 17.1 Å². The first kappa shape index (κ1) is 20.6. The van der Waals surface area contributed by atoms with Gasteiger partial charge in [-0.25, -0.2) is 17.6 Å². The second-order valence-corrected chi connectivity index (χ2v) is 6.27. The van der Waals surface area contributed by atoms with Crippen LogP contribution in [0.4, 0.5) is 17.6 Å². The Morgan fingerprint density at radius 1 is 1.21 bits per heavy atom. The van der Waals surface area contributed by atoms with Gasteiger partial charge >= 0.3 is 0 Å². The van der Waals surface area contributed by atoms with Crippen LogP contribution >= 0.6 is 0 Å². The number of furan rings is 1. The zero-order valence-corrected chi connectivity index (χ0v) is 15.7. The molecule has 0 aliphatic heterocycles. The van der Waals surface area contributed by atoms with E-state index >= 15 is 0 Å². The third kappa shape index (κ3) is 4.49. The first-order chi connectivity index (χ1) is 13.8. The van der Waals surface area contributed by atoms with E-state index in [0.29, 0.717) is 12.6 Å². The van der Waals surface area contributed by atoms with E-state index < -0.39 is 30.1 Å². The molecule has 0 aliphatic carbocycles. The Morgan fingerprint density at radius 2 is 1.97 bits per heavy atom. The van der Waals surface area contributed by atoms with Crippen LogP contribution in [0.25, 0.3) is 0 Å². The summed E-state index contributed by atoms with van der Waals surface area (Å²) in [4.78, 5) is 12.3. The summed E-state index contributed by atoms with van der Waals surface area (Å²) in [5.41, 5.74) is 0.393.